The summed E-state index contributed by atoms with van der Waals surface area (Å²) in [4.78, 5) is 29.0. The highest BCUT2D eigenvalue weighted by Gasteiger charge is 2.08. The molecule has 0 radical (unpaired) electrons. The number of urea groups is 1. The first-order valence-corrected chi connectivity index (χ1v) is 10.0. The van der Waals surface area contributed by atoms with Crippen LogP contribution in [0.25, 0.3) is 5.65 Å². The lowest BCUT2D eigenvalue weighted by Crippen LogP contribution is -2.19. The number of hydrogen-bond acceptors (Lipinski definition) is 5. The number of nitrogens with zero attached hydrogens (tertiary/aromatic N) is 2. The van der Waals surface area contributed by atoms with Crippen LogP contribution in [0.4, 0.5) is 16.2 Å². The van der Waals surface area contributed by atoms with Gasteiger partial charge in [0.15, 0.2) is 0 Å². The van der Waals surface area contributed by atoms with Crippen molar-refractivity contribution in [3.8, 4) is 11.5 Å². The van der Waals surface area contributed by atoms with E-state index in [2.05, 4.69) is 15.6 Å². The van der Waals surface area contributed by atoms with Gasteiger partial charge in [-0.3, -0.25) is 9.20 Å². The number of carbonyl (C=O) groups excluding carboxylic acids is 1. The first-order valence-electron chi connectivity index (χ1n) is 9.63. The molecule has 0 bridgehead atoms. The summed E-state index contributed by atoms with van der Waals surface area (Å²) in [5.41, 5.74) is 1.79. The van der Waals surface area contributed by atoms with Crippen molar-refractivity contribution in [3.05, 3.63) is 94.0 Å². The van der Waals surface area contributed by atoms with E-state index < -0.39 is 6.03 Å². The molecule has 0 spiro atoms. The summed E-state index contributed by atoms with van der Waals surface area (Å²) in [7, 11) is 1.53. The number of nitrogens with one attached hydrogen (secondary N) is 2. The number of carbonyl (C=O) groups is 1. The van der Waals surface area contributed by atoms with E-state index in [0.29, 0.717) is 39.2 Å². The Morgan fingerprint density at radius 3 is 2.75 bits per heavy atom. The fourth-order valence-electron chi connectivity index (χ4n) is 3.05. The number of hydrogen-bond donors (Lipinski definition) is 2. The molecule has 4 rings (SSSR count). The molecule has 0 saturated carbocycles. The molecule has 2 aromatic heterocycles. The van der Waals surface area contributed by atoms with Crippen LogP contribution in [0.15, 0.2) is 77.7 Å². The standard InChI is InChI=1S/C23H19ClN4O4/c1-31-20-8-3-2-7-19(20)27-23(30)26-16-5-4-6-18(11-16)32-14-17-12-22(29)28-13-15(24)9-10-21(28)25-17/h2-13H,14H2,1H3,(H2,26,27,30). The van der Waals surface area contributed by atoms with E-state index in [0.717, 1.165) is 0 Å². The summed E-state index contributed by atoms with van der Waals surface area (Å²) in [5.74, 6) is 1.07. The van der Waals surface area contributed by atoms with E-state index in [1.54, 1.807) is 54.6 Å². The van der Waals surface area contributed by atoms with Crippen molar-refractivity contribution in [2.24, 2.45) is 0 Å². The Labute approximate surface area is 188 Å². The van der Waals surface area contributed by atoms with Gasteiger partial charge in [0.1, 0.15) is 23.8 Å². The molecule has 9 heteroatoms. The third-order valence-corrected chi connectivity index (χ3v) is 4.73. The van der Waals surface area contributed by atoms with Crippen molar-refractivity contribution in [1.82, 2.24) is 9.38 Å². The second-order valence-corrected chi connectivity index (χ2v) is 7.19. The lowest BCUT2D eigenvalue weighted by Gasteiger charge is -2.12. The SMILES string of the molecule is COc1ccccc1NC(=O)Nc1cccc(OCc2cc(=O)n3cc(Cl)ccc3n2)c1. The van der Waals surface area contributed by atoms with E-state index in [4.69, 9.17) is 21.1 Å². The topological polar surface area (TPSA) is 94.0 Å². The lowest BCUT2D eigenvalue weighted by molar-refractivity contribution is 0.262. The van der Waals surface area contributed by atoms with Crippen molar-refractivity contribution < 1.29 is 14.3 Å². The quantitative estimate of drug-likeness (QED) is 0.448. The molecule has 0 aliphatic rings. The van der Waals surface area contributed by atoms with Crippen LogP contribution in [0.2, 0.25) is 5.02 Å². The number of benzene rings is 2. The van der Waals surface area contributed by atoms with E-state index in [1.165, 1.54) is 23.8 Å². The van der Waals surface area contributed by atoms with Gasteiger partial charge in [0.05, 0.1) is 23.5 Å². The number of halogens is 1. The third kappa shape index (κ3) is 4.98. The fraction of sp³-hybridized carbons (Fsp3) is 0.0870. The van der Waals surface area contributed by atoms with Gasteiger partial charge in [-0.1, -0.05) is 29.8 Å². The van der Waals surface area contributed by atoms with Gasteiger partial charge in [0.2, 0.25) is 0 Å². The molecule has 2 heterocycles. The number of fused-ring (bicyclic) bond motifs is 1. The average Bonchev–Trinajstić information content (AvgIpc) is 2.79. The largest absolute Gasteiger partial charge is 0.495 e. The van der Waals surface area contributed by atoms with Crippen LogP contribution in [0, 0.1) is 0 Å². The number of anilines is 2. The zero-order valence-electron chi connectivity index (χ0n) is 17.0. The maximum atomic E-state index is 12.4. The Balaban J connectivity index is 1.42. The molecule has 0 aliphatic heterocycles. The Kier molecular flexibility index (Phi) is 6.23. The van der Waals surface area contributed by atoms with Crippen molar-refractivity contribution in [3.63, 3.8) is 0 Å². The molecule has 162 valence electrons. The molecule has 0 atom stereocenters. The van der Waals surface area contributed by atoms with Gasteiger partial charge < -0.3 is 20.1 Å². The summed E-state index contributed by atoms with van der Waals surface area (Å²) >= 11 is 5.93. The van der Waals surface area contributed by atoms with Crippen LogP contribution >= 0.6 is 11.6 Å². The van der Waals surface area contributed by atoms with Crippen molar-refractivity contribution in [1.29, 1.82) is 0 Å². The third-order valence-electron chi connectivity index (χ3n) is 4.51. The lowest BCUT2D eigenvalue weighted by atomic mass is 10.3. The van der Waals surface area contributed by atoms with Crippen molar-refractivity contribution >= 4 is 34.7 Å². The summed E-state index contributed by atoms with van der Waals surface area (Å²) in [6.45, 7) is 0.0885. The molecule has 2 amide bonds. The number of para-hydroxylation sites is 2. The Bertz CT molecular complexity index is 1340. The average molecular weight is 451 g/mol. The highest BCUT2D eigenvalue weighted by Crippen LogP contribution is 2.24. The normalized spacial score (nSPS) is 10.6. The van der Waals surface area contributed by atoms with Crippen LogP contribution in [-0.2, 0) is 6.61 Å². The van der Waals surface area contributed by atoms with E-state index >= 15 is 0 Å². The van der Waals surface area contributed by atoms with Gasteiger partial charge >= 0.3 is 6.03 Å². The molecular formula is C23H19ClN4O4. The number of rotatable bonds is 6. The second-order valence-electron chi connectivity index (χ2n) is 6.76. The van der Waals surface area contributed by atoms with Crippen molar-refractivity contribution in [2.75, 3.05) is 17.7 Å². The van der Waals surface area contributed by atoms with E-state index in [1.807, 2.05) is 6.07 Å². The zero-order chi connectivity index (χ0) is 22.5. The van der Waals surface area contributed by atoms with Gasteiger partial charge in [0, 0.05) is 24.0 Å². The van der Waals surface area contributed by atoms with E-state index in [9.17, 15) is 9.59 Å². The first-order chi connectivity index (χ1) is 15.5. The maximum absolute atomic E-state index is 12.4. The Morgan fingerprint density at radius 1 is 1.06 bits per heavy atom. The van der Waals surface area contributed by atoms with Gasteiger partial charge in [-0.2, -0.15) is 0 Å². The number of methoxy groups -OCH3 is 1. The minimum absolute atomic E-state index is 0.0885. The summed E-state index contributed by atoms with van der Waals surface area (Å²) < 4.78 is 12.4. The van der Waals surface area contributed by atoms with Gasteiger partial charge in [-0.25, -0.2) is 9.78 Å². The number of pyridine rings is 1. The summed E-state index contributed by atoms with van der Waals surface area (Å²) in [6.07, 6.45) is 1.52. The molecule has 2 N–H and O–H groups in total. The van der Waals surface area contributed by atoms with Crippen LogP contribution in [0.5, 0.6) is 11.5 Å². The molecular weight excluding hydrogens is 432 g/mol. The molecule has 2 aromatic carbocycles. The smallest absolute Gasteiger partial charge is 0.323 e. The number of ether oxygens (including phenoxy) is 2. The maximum Gasteiger partial charge on any atom is 0.323 e. The van der Waals surface area contributed by atoms with Gasteiger partial charge in [0.25, 0.3) is 5.56 Å². The van der Waals surface area contributed by atoms with E-state index in [-0.39, 0.29) is 12.2 Å². The van der Waals surface area contributed by atoms with Crippen LogP contribution in [0.1, 0.15) is 5.69 Å². The monoisotopic (exact) mass is 450 g/mol. The molecule has 0 unspecified atom stereocenters. The molecule has 0 aliphatic carbocycles. The highest BCUT2D eigenvalue weighted by molar-refractivity contribution is 6.30. The highest BCUT2D eigenvalue weighted by atomic mass is 35.5. The zero-order valence-corrected chi connectivity index (χ0v) is 17.8. The number of aromatic nitrogens is 2. The molecule has 0 saturated heterocycles. The Hall–Kier alpha value is -4.04. The fourth-order valence-corrected chi connectivity index (χ4v) is 3.21. The summed E-state index contributed by atoms with van der Waals surface area (Å²) in [5, 5.41) is 5.94. The molecule has 4 aromatic rings. The second kappa shape index (κ2) is 9.40. The van der Waals surface area contributed by atoms with Gasteiger partial charge in [-0.05, 0) is 36.4 Å². The van der Waals surface area contributed by atoms with Crippen LogP contribution in [-0.4, -0.2) is 22.5 Å². The number of amides is 2. The van der Waals surface area contributed by atoms with Gasteiger partial charge in [-0.15, -0.1) is 0 Å². The Morgan fingerprint density at radius 2 is 1.91 bits per heavy atom. The molecule has 8 nitrogen and oxygen atoms in total. The minimum Gasteiger partial charge on any atom is -0.495 e. The minimum atomic E-state index is -0.422. The first kappa shape index (κ1) is 21.2. The predicted molar refractivity (Wildman–Crippen MR) is 123 cm³/mol. The molecule has 0 fully saturated rings. The van der Waals surface area contributed by atoms with Crippen LogP contribution in [0.3, 0.4) is 0 Å². The summed E-state index contributed by atoms with van der Waals surface area (Å²) in [6, 6.07) is 18.3. The van der Waals surface area contributed by atoms with Crippen molar-refractivity contribution in [2.45, 2.75) is 6.61 Å². The van der Waals surface area contributed by atoms with Crippen LogP contribution < -0.4 is 25.7 Å². The predicted octanol–water partition coefficient (Wildman–Crippen LogP) is 4.58. The molecule has 32 heavy (non-hydrogen) atoms.